The highest BCUT2D eigenvalue weighted by Crippen LogP contribution is 2.31. The first-order valence-corrected chi connectivity index (χ1v) is 9.19. The zero-order valence-corrected chi connectivity index (χ0v) is 15.5. The number of methoxy groups -OCH3 is 1. The molecule has 1 heterocycles. The molecule has 7 heteroatoms. The molecular formula is C20H24N2O5. The molecular weight excluding hydrogens is 348 g/mol. The third-order valence-corrected chi connectivity index (χ3v) is 5.02. The predicted molar refractivity (Wildman–Crippen MR) is 98.6 cm³/mol. The summed E-state index contributed by atoms with van der Waals surface area (Å²) in [6.07, 6.45) is 5.01. The van der Waals surface area contributed by atoms with Crippen LogP contribution >= 0.6 is 0 Å². The molecule has 0 radical (unpaired) electrons. The van der Waals surface area contributed by atoms with E-state index in [1.54, 1.807) is 38.3 Å². The number of aromatic nitrogens is 1. The van der Waals surface area contributed by atoms with Crippen molar-refractivity contribution < 1.29 is 24.0 Å². The maximum absolute atomic E-state index is 12.5. The van der Waals surface area contributed by atoms with Gasteiger partial charge >= 0.3 is 5.97 Å². The van der Waals surface area contributed by atoms with Crippen LogP contribution in [-0.2, 0) is 4.79 Å². The smallest absolute Gasteiger partial charge is 0.341 e. The Morgan fingerprint density at radius 2 is 1.89 bits per heavy atom. The van der Waals surface area contributed by atoms with Crippen LogP contribution in [0, 0.1) is 5.92 Å². The largest absolute Gasteiger partial charge is 0.497 e. The van der Waals surface area contributed by atoms with Gasteiger partial charge in [0.15, 0.2) is 5.76 Å². The molecule has 0 bridgehead atoms. The minimum absolute atomic E-state index is 0.0153. The van der Waals surface area contributed by atoms with Crippen molar-refractivity contribution in [3.05, 3.63) is 35.6 Å². The molecule has 1 aliphatic carbocycles. The average Bonchev–Trinajstić information content (AvgIpc) is 3.14. The van der Waals surface area contributed by atoms with E-state index in [-0.39, 0.29) is 28.8 Å². The molecule has 1 amide bonds. The number of carbonyl (C=O) groups is 2. The van der Waals surface area contributed by atoms with Crippen molar-refractivity contribution in [1.82, 2.24) is 10.5 Å². The van der Waals surface area contributed by atoms with E-state index in [1.807, 2.05) is 0 Å². The second kappa shape index (κ2) is 8.24. The molecule has 0 saturated heterocycles. The molecule has 2 aromatic rings. The van der Waals surface area contributed by atoms with Gasteiger partial charge in [0, 0.05) is 11.5 Å². The van der Waals surface area contributed by atoms with E-state index in [0.717, 1.165) is 32.1 Å². The van der Waals surface area contributed by atoms with E-state index in [1.165, 1.54) is 0 Å². The monoisotopic (exact) mass is 372 g/mol. The van der Waals surface area contributed by atoms with Gasteiger partial charge in [-0.05, 0) is 44.0 Å². The third kappa shape index (κ3) is 4.13. The summed E-state index contributed by atoms with van der Waals surface area (Å²) in [6.45, 7) is 1.71. The molecule has 7 nitrogen and oxygen atoms in total. The number of amides is 1. The van der Waals surface area contributed by atoms with Crippen LogP contribution in [0.1, 0.15) is 61.2 Å². The van der Waals surface area contributed by atoms with Gasteiger partial charge in [0.05, 0.1) is 13.2 Å². The Balaban J connectivity index is 1.83. The van der Waals surface area contributed by atoms with Crippen LogP contribution < -0.4 is 10.1 Å². The number of ether oxygens (including phenoxy) is 1. The first kappa shape index (κ1) is 18.9. The molecule has 1 atom stereocenters. The van der Waals surface area contributed by atoms with Gasteiger partial charge in [-0.25, -0.2) is 4.79 Å². The molecule has 27 heavy (non-hydrogen) atoms. The van der Waals surface area contributed by atoms with Crippen molar-refractivity contribution in [3.8, 4) is 17.0 Å². The third-order valence-electron chi connectivity index (χ3n) is 5.02. The number of carboxylic acids is 1. The highest BCUT2D eigenvalue weighted by Gasteiger charge is 2.30. The second-order valence-electron chi connectivity index (χ2n) is 6.87. The Kier molecular flexibility index (Phi) is 5.78. The van der Waals surface area contributed by atoms with Gasteiger partial charge in [0.1, 0.15) is 17.0 Å². The van der Waals surface area contributed by atoms with Crippen LogP contribution in [0.5, 0.6) is 5.75 Å². The maximum atomic E-state index is 12.5. The van der Waals surface area contributed by atoms with E-state index in [2.05, 4.69) is 10.5 Å². The number of hydrogen-bond donors (Lipinski definition) is 2. The minimum Gasteiger partial charge on any atom is -0.497 e. The van der Waals surface area contributed by atoms with Crippen LogP contribution in [0.25, 0.3) is 11.3 Å². The summed E-state index contributed by atoms with van der Waals surface area (Å²) >= 11 is 0. The maximum Gasteiger partial charge on any atom is 0.341 e. The number of aromatic carboxylic acids is 1. The number of rotatable bonds is 6. The normalized spacial score (nSPS) is 15.9. The highest BCUT2D eigenvalue weighted by molar-refractivity contribution is 5.96. The van der Waals surface area contributed by atoms with E-state index >= 15 is 0 Å². The summed E-state index contributed by atoms with van der Waals surface area (Å²) in [5.74, 6) is -0.403. The fourth-order valence-corrected chi connectivity index (χ4v) is 3.51. The Morgan fingerprint density at radius 1 is 1.22 bits per heavy atom. The topological polar surface area (TPSA) is 102 Å². The number of nitrogens with one attached hydrogen (secondary N) is 1. The molecule has 1 saturated carbocycles. The molecule has 2 N–H and O–H groups in total. The Hall–Kier alpha value is -2.83. The Morgan fingerprint density at radius 3 is 2.48 bits per heavy atom. The van der Waals surface area contributed by atoms with Crippen LogP contribution in [-0.4, -0.2) is 29.2 Å². The summed E-state index contributed by atoms with van der Waals surface area (Å²) in [5, 5.41) is 16.5. The molecule has 3 rings (SSSR count). The van der Waals surface area contributed by atoms with E-state index < -0.39 is 12.0 Å². The lowest BCUT2D eigenvalue weighted by molar-refractivity contribution is -0.126. The summed E-state index contributed by atoms with van der Waals surface area (Å²) in [6, 6.07) is 6.31. The summed E-state index contributed by atoms with van der Waals surface area (Å²) in [7, 11) is 1.56. The fraction of sp³-hybridized carbons (Fsp3) is 0.450. The number of hydrogen-bond acceptors (Lipinski definition) is 5. The molecule has 0 spiro atoms. The average molecular weight is 372 g/mol. The number of carboxylic acid groups (broad SMARTS) is 1. The molecule has 1 fully saturated rings. The van der Waals surface area contributed by atoms with Crippen molar-refractivity contribution in [3.63, 3.8) is 0 Å². The van der Waals surface area contributed by atoms with Crippen molar-refractivity contribution in [2.24, 2.45) is 5.92 Å². The second-order valence-corrected chi connectivity index (χ2v) is 6.87. The van der Waals surface area contributed by atoms with Crippen LogP contribution in [0.2, 0.25) is 0 Å². The lowest BCUT2D eigenvalue weighted by Crippen LogP contribution is -2.34. The van der Waals surface area contributed by atoms with Crippen LogP contribution in [0.3, 0.4) is 0 Å². The first-order valence-electron chi connectivity index (χ1n) is 9.19. The molecule has 1 aromatic carbocycles. The van der Waals surface area contributed by atoms with E-state index in [0.29, 0.717) is 11.3 Å². The SMILES string of the molecule is COc1ccc(-c2noc(C(C)NC(=O)C3CCCCC3)c2C(=O)O)cc1. The number of nitrogens with zero attached hydrogens (tertiary/aromatic N) is 1. The summed E-state index contributed by atoms with van der Waals surface area (Å²) in [5.41, 5.74) is 0.810. The van der Waals surface area contributed by atoms with Crippen molar-refractivity contribution in [2.75, 3.05) is 7.11 Å². The zero-order chi connectivity index (χ0) is 19.4. The highest BCUT2D eigenvalue weighted by atomic mass is 16.5. The first-order chi connectivity index (χ1) is 13.0. The van der Waals surface area contributed by atoms with Crippen molar-refractivity contribution in [2.45, 2.75) is 45.1 Å². The molecule has 1 aromatic heterocycles. The van der Waals surface area contributed by atoms with Crippen molar-refractivity contribution >= 4 is 11.9 Å². The van der Waals surface area contributed by atoms with Gasteiger partial charge in [0.2, 0.25) is 5.91 Å². The zero-order valence-electron chi connectivity index (χ0n) is 15.5. The van der Waals surface area contributed by atoms with Gasteiger partial charge < -0.3 is 19.7 Å². The van der Waals surface area contributed by atoms with Crippen LogP contribution in [0.4, 0.5) is 0 Å². The van der Waals surface area contributed by atoms with E-state index in [9.17, 15) is 14.7 Å². The lowest BCUT2D eigenvalue weighted by Gasteiger charge is -2.22. The number of benzene rings is 1. The number of carbonyl (C=O) groups excluding carboxylic acids is 1. The lowest BCUT2D eigenvalue weighted by atomic mass is 9.88. The summed E-state index contributed by atoms with van der Waals surface area (Å²) in [4.78, 5) is 24.3. The minimum atomic E-state index is -1.14. The van der Waals surface area contributed by atoms with Gasteiger partial charge in [-0.3, -0.25) is 4.79 Å². The van der Waals surface area contributed by atoms with Crippen LogP contribution in [0.15, 0.2) is 28.8 Å². The Labute approximate surface area is 157 Å². The molecule has 0 aliphatic heterocycles. The predicted octanol–water partition coefficient (Wildman–Crippen LogP) is 3.81. The Bertz CT molecular complexity index is 806. The standard InChI is InChI=1S/C20H24N2O5/c1-12(21-19(23)14-6-4-3-5-7-14)18-16(20(24)25)17(22-27-18)13-8-10-15(26-2)11-9-13/h8-12,14H,3-7H2,1-2H3,(H,21,23)(H,24,25). The van der Waals surface area contributed by atoms with Gasteiger partial charge in [-0.1, -0.05) is 24.4 Å². The quantitative estimate of drug-likeness (QED) is 0.799. The molecule has 1 aliphatic rings. The van der Waals surface area contributed by atoms with Gasteiger partial charge in [-0.15, -0.1) is 0 Å². The molecule has 1 unspecified atom stereocenters. The van der Waals surface area contributed by atoms with Gasteiger partial charge in [0.25, 0.3) is 0 Å². The summed E-state index contributed by atoms with van der Waals surface area (Å²) < 4.78 is 10.5. The van der Waals surface area contributed by atoms with Crippen molar-refractivity contribution in [1.29, 1.82) is 0 Å². The van der Waals surface area contributed by atoms with E-state index in [4.69, 9.17) is 9.26 Å². The van der Waals surface area contributed by atoms with Gasteiger partial charge in [-0.2, -0.15) is 0 Å². The molecule has 144 valence electrons. The fourth-order valence-electron chi connectivity index (χ4n) is 3.51.